The molecule has 120 valence electrons. The highest BCUT2D eigenvalue weighted by Crippen LogP contribution is 2.30. The van der Waals surface area contributed by atoms with Gasteiger partial charge < -0.3 is 9.47 Å². The molecular formula is C20H16O4. The summed E-state index contributed by atoms with van der Waals surface area (Å²) in [4.78, 5) is 23.3. The Morgan fingerprint density at radius 1 is 0.917 bits per heavy atom. The molecule has 0 radical (unpaired) electrons. The van der Waals surface area contributed by atoms with Gasteiger partial charge in [0, 0.05) is 0 Å². The summed E-state index contributed by atoms with van der Waals surface area (Å²) in [6.45, 7) is 0.429. The van der Waals surface area contributed by atoms with Crippen LogP contribution in [-0.2, 0) is 16.2 Å². The molecule has 0 saturated heterocycles. The monoisotopic (exact) mass is 320 g/mol. The highest BCUT2D eigenvalue weighted by molar-refractivity contribution is 6.35. The number of carbonyl (C=O) groups is 2. The van der Waals surface area contributed by atoms with Gasteiger partial charge in [0.05, 0.1) is 12.7 Å². The first kappa shape index (κ1) is 15.7. The van der Waals surface area contributed by atoms with Crippen molar-refractivity contribution in [2.75, 3.05) is 7.11 Å². The summed E-state index contributed by atoms with van der Waals surface area (Å²) >= 11 is 0. The van der Waals surface area contributed by atoms with Gasteiger partial charge in [0.15, 0.2) is 23.1 Å². The summed E-state index contributed by atoms with van der Waals surface area (Å²) in [5, 5.41) is 0. The predicted octanol–water partition coefficient (Wildman–Crippen LogP) is 3.37. The van der Waals surface area contributed by atoms with Crippen molar-refractivity contribution >= 4 is 17.6 Å². The van der Waals surface area contributed by atoms with Gasteiger partial charge >= 0.3 is 0 Å². The Labute approximate surface area is 140 Å². The smallest absolute Gasteiger partial charge is 0.189 e. The summed E-state index contributed by atoms with van der Waals surface area (Å²) in [6, 6.07) is 15.1. The molecule has 0 aromatic heterocycles. The molecule has 3 rings (SSSR count). The van der Waals surface area contributed by atoms with Crippen molar-refractivity contribution in [3.05, 3.63) is 77.4 Å². The number of ether oxygens (including phenoxy) is 2. The minimum absolute atomic E-state index is 0.162. The molecule has 0 atom stereocenters. The second kappa shape index (κ2) is 6.96. The normalized spacial score (nSPS) is 13.3. The Hall–Kier alpha value is -3.14. The van der Waals surface area contributed by atoms with Gasteiger partial charge in [-0.2, -0.15) is 0 Å². The second-order valence-electron chi connectivity index (χ2n) is 5.30. The van der Waals surface area contributed by atoms with Gasteiger partial charge in [0.2, 0.25) is 0 Å². The van der Waals surface area contributed by atoms with E-state index in [9.17, 15) is 9.59 Å². The standard InChI is InChI=1S/C20H16O4/c1-23-20-12-15(11-16-17(21)8-9-18(16)22)7-10-19(20)24-13-14-5-3-2-4-6-14/h2-12H,13H2,1H3. The van der Waals surface area contributed by atoms with E-state index in [0.717, 1.165) is 5.56 Å². The molecule has 0 spiro atoms. The minimum atomic E-state index is -0.275. The van der Waals surface area contributed by atoms with Crippen LogP contribution in [0.1, 0.15) is 11.1 Å². The highest BCUT2D eigenvalue weighted by atomic mass is 16.5. The predicted molar refractivity (Wildman–Crippen MR) is 90.9 cm³/mol. The third kappa shape index (κ3) is 3.43. The van der Waals surface area contributed by atoms with E-state index in [2.05, 4.69) is 0 Å². The van der Waals surface area contributed by atoms with Crippen LogP contribution in [0, 0.1) is 0 Å². The number of hydrogen-bond acceptors (Lipinski definition) is 4. The Morgan fingerprint density at radius 2 is 1.62 bits per heavy atom. The number of benzene rings is 2. The average Bonchev–Trinajstić information content (AvgIpc) is 2.93. The molecule has 0 heterocycles. The van der Waals surface area contributed by atoms with Crippen LogP contribution in [0.5, 0.6) is 11.5 Å². The van der Waals surface area contributed by atoms with E-state index in [1.807, 2.05) is 30.3 Å². The van der Waals surface area contributed by atoms with Crippen molar-refractivity contribution in [2.24, 2.45) is 0 Å². The van der Waals surface area contributed by atoms with Crippen molar-refractivity contribution < 1.29 is 19.1 Å². The molecular weight excluding hydrogens is 304 g/mol. The van der Waals surface area contributed by atoms with Crippen LogP contribution >= 0.6 is 0 Å². The van der Waals surface area contributed by atoms with Gasteiger partial charge in [0.1, 0.15) is 6.61 Å². The molecule has 2 aromatic carbocycles. The van der Waals surface area contributed by atoms with Crippen LogP contribution in [0.25, 0.3) is 6.08 Å². The van der Waals surface area contributed by atoms with Crippen LogP contribution in [0.3, 0.4) is 0 Å². The van der Waals surface area contributed by atoms with E-state index in [4.69, 9.17) is 9.47 Å². The van der Waals surface area contributed by atoms with Gasteiger partial charge in [-0.15, -0.1) is 0 Å². The summed E-state index contributed by atoms with van der Waals surface area (Å²) in [5.41, 5.74) is 1.92. The number of ketones is 2. The summed E-state index contributed by atoms with van der Waals surface area (Å²) in [6.07, 6.45) is 4.12. The Kier molecular flexibility index (Phi) is 4.57. The van der Waals surface area contributed by atoms with Gasteiger partial charge in [-0.05, 0) is 41.5 Å². The first-order valence-corrected chi connectivity index (χ1v) is 7.50. The van der Waals surface area contributed by atoms with Crippen LogP contribution in [0.2, 0.25) is 0 Å². The van der Waals surface area contributed by atoms with Crippen LogP contribution in [0.4, 0.5) is 0 Å². The molecule has 1 aliphatic rings. The number of methoxy groups -OCH3 is 1. The first-order valence-electron chi connectivity index (χ1n) is 7.50. The van der Waals surface area contributed by atoms with E-state index in [1.165, 1.54) is 12.2 Å². The lowest BCUT2D eigenvalue weighted by Gasteiger charge is -2.11. The van der Waals surface area contributed by atoms with E-state index < -0.39 is 0 Å². The van der Waals surface area contributed by atoms with Crippen molar-refractivity contribution in [1.29, 1.82) is 0 Å². The molecule has 2 aromatic rings. The zero-order valence-electron chi connectivity index (χ0n) is 13.2. The average molecular weight is 320 g/mol. The maximum Gasteiger partial charge on any atom is 0.189 e. The molecule has 24 heavy (non-hydrogen) atoms. The van der Waals surface area contributed by atoms with Crippen molar-refractivity contribution in [1.82, 2.24) is 0 Å². The molecule has 0 fully saturated rings. The maximum absolute atomic E-state index is 11.6. The minimum Gasteiger partial charge on any atom is -0.493 e. The van der Waals surface area contributed by atoms with Gasteiger partial charge in [0.25, 0.3) is 0 Å². The lowest BCUT2D eigenvalue weighted by atomic mass is 10.1. The summed E-state index contributed by atoms with van der Waals surface area (Å²) in [5.74, 6) is 0.601. The topological polar surface area (TPSA) is 52.6 Å². The highest BCUT2D eigenvalue weighted by Gasteiger charge is 2.20. The number of allylic oxidation sites excluding steroid dienone is 3. The lowest BCUT2D eigenvalue weighted by molar-refractivity contribution is -0.115. The molecule has 0 amide bonds. The molecule has 0 unspecified atom stereocenters. The van der Waals surface area contributed by atoms with E-state index in [1.54, 1.807) is 31.4 Å². The summed E-state index contributed by atoms with van der Waals surface area (Å²) < 4.78 is 11.1. The number of hydrogen-bond donors (Lipinski definition) is 0. The molecule has 0 saturated carbocycles. The fourth-order valence-corrected chi connectivity index (χ4v) is 2.39. The second-order valence-corrected chi connectivity index (χ2v) is 5.30. The molecule has 0 bridgehead atoms. The third-order valence-corrected chi connectivity index (χ3v) is 3.65. The van der Waals surface area contributed by atoms with Crippen molar-refractivity contribution in [3.8, 4) is 11.5 Å². The van der Waals surface area contributed by atoms with E-state index in [0.29, 0.717) is 23.7 Å². The van der Waals surface area contributed by atoms with Crippen molar-refractivity contribution in [2.45, 2.75) is 6.61 Å². The largest absolute Gasteiger partial charge is 0.493 e. The van der Waals surface area contributed by atoms with Gasteiger partial charge in [-0.1, -0.05) is 36.4 Å². The molecule has 4 nitrogen and oxygen atoms in total. The molecule has 0 N–H and O–H groups in total. The molecule has 1 aliphatic carbocycles. The van der Waals surface area contributed by atoms with E-state index in [-0.39, 0.29) is 17.1 Å². The van der Waals surface area contributed by atoms with Crippen molar-refractivity contribution in [3.63, 3.8) is 0 Å². The fourth-order valence-electron chi connectivity index (χ4n) is 2.39. The maximum atomic E-state index is 11.6. The third-order valence-electron chi connectivity index (χ3n) is 3.65. The molecule has 4 heteroatoms. The van der Waals surface area contributed by atoms with Crippen LogP contribution in [-0.4, -0.2) is 18.7 Å². The first-order chi connectivity index (χ1) is 11.7. The Balaban J connectivity index is 1.79. The lowest BCUT2D eigenvalue weighted by Crippen LogP contribution is -2.01. The number of carbonyl (C=O) groups excluding carboxylic acids is 2. The Morgan fingerprint density at radius 3 is 2.29 bits per heavy atom. The van der Waals surface area contributed by atoms with Gasteiger partial charge in [-0.3, -0.25) is 9.59 Å². The van der Waals surface area contributed by atoms with Gasteiger partial charge in [-0.25, -0.2) is 0 Å². The zero-order chi connectivity index (χ0) is 16.9. The zero-order valence-corrected chi connectivity index (χ0v) is 13.2. The fraction of sp³-hybridized carbons (Fsp3) is 0.100. The Bertz CT molecular complexity index is 812. The van der Waals surface area contributed by atoms with E-state index >= 15 is 0 Å². The summed E-state index contributed by atoms with van der Waals surface area (Å²) in [7, 11) is 1.55. The molecule has 0 aliphatic heterocycles. The quantitative estimate of drug-likeness (QED) is 0.626. The van der Waals surface area contributed by atoms with Crippen LogP contribution in [0.15, 0.2) is 66.3 Å². The van der Waals surface area contributed by atoms with Crippen LogP contribution < -0.4 is 9.47 Å². The number of rotatable bonds is 5. The SMILES string of the molecule is COc1cc(C=C2C(=O)C=CC2=O)ccc1OCc1ccccc1.